The summed E-state index contributed by atoms with van der Waals surface area (Å²) in [6.07, 6.45) is 0.562. The van der Waals surface area contributed by atoms with Crippen LogP contribution in [0.5, 0.6) is 0 Å². The van der Waals surface area contributed by atoms with Crippen molar-refractivity contribution in [3.05, 3.63) is 88.9 Å². The number of piperidine rings is 1. The Morgan fingerprint density at radius 1 is 0.919 bits per heavy atom. The molecule has 3 aromatic carbocycles. The standard InChI is InChI=1S/C29H23ClN4O3/c1-33-26(18-5-3-2-4-6-18)25(17-7-10-21(30)11-8-17)32-27(33)19-9-12-22-20(15-19)16-34(29(22)37)23-13-14-24(35)31-28(23)36/h2-12,15,23H,13-14,16H2,1H3,(H,31,35,36). The van der Waals surface area contributed by atoms with E-state index in [1.54, 1.807) is 11.0 Å². The number of fused-ring (bicyclic) bond motifs is 1. The first-order valence-corrected chi connectivity index (χ1v) is 12.4. The summed E-state index contributed by atoms with van der Waals surface area (Å²) in [5, 5.41) is 3.01. The summed E-state index contributed by atoms with van der Waals surface area (Å²) in [6.45, 7) is 0.314. The molecule has 37 heavy (non-hydrogen) atoms. The Hall–Kier alpha value is -4.23. The second-order valence-electron chi connectivity index (χ2n) is 9.34. The van der Waals surface area contributed by atoms with Gasteiger partial charge in [-0.3, -0.25) is 19.7 Å². The van der Waals surface area contributed by atoms with Gasteiger partial charge in [-0.05, 0) is 36.2 Å². The van der Waals surface area contributed by atoms with Crippen LogP contribution >= 0.6 is 11.6 Å². The lowest BCUT2D eigenvalue weighted by Gasteiger charge is -2.29. The predicted molar refractivity (Wildman–Crippen MR) is 141 cm³/mol. The number of halogens is 1. The summed E-state index contributed by atoms with van der Waals surface area (Å²) in [7, 11) is 1.98. The van der Waals surface area contributed by atoms with Crippen molar-refractivity contribution in [1.29, 1.82) is 0 Å². The molecular weight excluding hydrogens is 488 g/mol. The van der Waals surface area contributed by atoms with Gasteiger partial charge in [0.05, 0.1) is 11.4 Å². The van der Waals surface area contributed by atoms with Crippen molar-refractivity contribution >= 4 is 29.3 Å². The molecule has 1 fully saturated rings. The molecule has 1 N–H and O–H groups in total. The minimum atomic E-state index is -0.643. The van der Waals surface area contributed by atoms with Crippen molar-refractivity contribution in [3.63, 3.8) is 0 Å². The van der Waals surface area contributed by atoms with Gasteiger partial charge in [0.2, 0.25) is 11.8 Å². The molecule has 0 aliphatic carbocycles. The van der Waals surface area contributed by atoms with Crippen LogP contribution in [-0.2, 0) is 23.2 Å². The minimum absolute atomic E-state index is 0.192. The van der Waals surface area contributed by atoms with E-state index in [1.165, 1.54) is 0 Å². The minimum Gasteiger partial charge on any atom is -0.327 e. The Bertz CT molecular complexity index is 1560. The number of carbonyl (C=O) groups is 3. The van der Waals surface area contributed by atoms with Gasteiger partial charge in [-0.1, -0.05) is 60.1 Å². The largest absolute Gasteiger partial charge is 0.327 e. The van der Waals surface area contributed by atoms with E-state index in [0.717, 1.165) is 39.5 Å². The van der Waals surface area contributed by atoms with Crippen LogP contribution in [-0.4, -0.2) is 38.2 Å². The SMILES string of the molecule is Cn1c(-c2ccc3c(c2)CN(C2CCC(=O)NC2=O)C3=O)nc(-c2ccc(Cl)cc2)c1-c1ccccc1. The lowest BCUT2D eigenvalue weighted by molar-refractivity contribution is -0.136. The number of imide groups is 1. The first kappa shape index (κ1) is 23.2. The van der Waals surface area contributed by atoms with Gasteiger partial charge < -0.3 is 9.47 Å². The average Bonchev–Trinajstić information content (AvgIpc) is 3.41. The molecule has 1 aromatic heterocycles. The van der Waals surface area contributed by atoms with Gasteiger partial charge in [-0.25, -0.2) is 4.98 Å². The second kappa shape index (κ2) is 9.01. The number of hydrogen-bond acceptors (Lipinski definition) is 4. The number of hydrogen-bond donors (Lipinski definition) is 1. The molecular formula is C29H23ClN4O3. The van der Waals surface area contributed by atoms with Gasteiger partial charge in [0, 0.05) is 47.3 Å². The third-order valence-electron chi connectivity index (χ3n) is 7.04. The third-order valence-corrected chi connectivity index (χ3v) is 7.29. The third kappa shape index (κ3) is 4.01. The zero-order chi connectivity index (χ0) is 25.7. The van der Waals surface area contributed by atoms with E-state index in [4.69, 9.17) is 16.6 Å². The smallest absolute Gasteiger partial charge is 0.255 e. The van der Waals surface area contributed by atoms with Crippen molar-refractivity contribution in [2.24, 2.45) is 7.05 Å². The van der Waals surface area contributed by atoms with Crippen molar-refractivity contribution in [2.75, 3.05) is 0 Å². The van der Waals surface area contributed by atoms with Crippen LogP contribution in [0.3, 0.4) is 0 Å². The monoisotopic (exact) mass is 510 g/mol. The van der Waals surface area contributed by atoms with Crippen molar-refractivity contribution in [1.82, 2.24) is 19.8 Å². The molecule has 3 amide bonds. The van der Waals surface area contributed by atoms with E-state index in [9.17, 15) is 14.4 Å². The van der Waals surface area contributed by atoms with Crippen LogP contribution in [0.2, 0.25) is 5.02 Å². The maximum Gasteiger partial charge on any atom is 0.255 e. The lowest BCUT2D eigenvalue weighted by Crippen LogP contribution is -2.52. The van der Waals surface area contributed by atoms with Gasteiger partial charge in [-0.2, -0.15) is 0 Å². The molecule has 184 valence electrons. The Morgan fingerprint density at radius 2 is 1.65 bits per heavy atom. The fourth-order valence-corrected chi connectivity index (χ4v) is 5.33. The van der Waals surface area contributed by atoms with Gasteiger partial charge in [-0.15, -0.1) is 0 Å². The maximum absolute atomic E-state index is 13.1. The Kier molecular flexibility index (Phi) is 5.65. The summed E-state index contributed by atoms with van der Waals surface area (Å²) < 4.78 is 2.07. The molecule has 1 atom stereocenters. The van der Waals surface area contributed by atoms with Gasteiger partial charge in [0.15, 0.2) is 0 Å². The normalized spacial score (nSPS) is 17.2. The predicted octanol–water partition coefficient (Wildman–Crippen LogP) is 4.84. The number of amides is 3. The topological polar surface area (TPSA) is 84.3 Å². The highest BCUT2D eigenvalue weighted by Crippen LogP contribution is 2.37. The van der Waals surface area contributed by atoms with Crippen LogP contribution in [0, 0.1) is 0 Å². The summed E-state index contributed by atoms with van der Waals surface area (Å²) in [5.41, 5.74) is 6.08. The molecule has 7 nitrogen and oxygen atoms in total. The number of aromatic nitrogens is 2. The highest BCUT2D eigenvalue weighted by atomic mass is 35.5. The zero-order valence-corrected chi connectivity index (χ0v) is 20.8. The number of carbonyl (C=O) groups excluding carboxylic acids is 3. The van der Waals surface area contributed by atoms with Crippen molar-refractivity contribution in [2.45, 2.75) is 25.4 Å². The Morgan fingerprint density at radius 3 is 2.38 bits per heavy atom. The lowest BCUT2D eigenvalue weighted by atomic mass is 10.0. The van der Waals surface area contributed by atoms with Crippen LogP contribution in [0.25, 0.3) is 33.9 Å². The molecule has 0 radical (unpaired) electrons. The molecule has 2 aliphatic rings. The van der Waals surface area contributed by atoms with Crippen LogP contribution < -0.4 is 5.32 Å². The fourth-order valence-electron chi connectivity index (χ4n) is 5.21. The van der Waals surface area contributed by atoms with E-state index in [-0.39, 0.29) is 18.2 Å². The number of nitrogens with one attached hydrogen (secondary N) is 1. The summed E-state index contributed by atoms with van der Waals surface area (Å²) >= 11 is 6.14. The molecule has 1 unspecified atom stereocenters. The maximum atomic E-state index is 13.1. The fraction of sp³-hybridized carbons (Fsp3) is 0.172. The second-order valence-corrected chi connectivity index (χ2v) is 9.77. The van der Waals surface area contributed by atoms with Crippen LogP contribution in [0.15, 0.2) is 72.8 Å². The Balaban J connectivity index is 1.41. The molecule has 0 saturated carbocycles. The highest BCUT2D eigenvalue weighted by Gasteiger charge is 2.39. The van der Waals surface area contributed by atoms with E-state index < -0.39 is 11.9 Å². The molecule has 3 heterocycles. The summed E-state index contributed by atoms with van der Waals surface area (Å²) in [6, 6.07) is 22.7. The zero-order valence-electron chi connectivity index (χ0n) is 20.1. The molecule has 0 bridgehead atoms. The van der Waals surface area contributed by atoms with Crippen LogP contribution in [0.1, 0.15) is 28.8 Å². The molecule has 0 spiro atoms. The first-order chi connectivity index (χ1) is 17.9. The average molecular weight is 511 g/mol. The molecule has 8 heteroatoms. The van der Waals surface area contributed by atoms with E-state index in [0.29, 0.717) is 23.6 Å². The van der Waals surface area contributed by atoms with E-state index in [1.807, 2.05) is 61.6 Å². The van der Waals surface area contributed by atoms with Crippen molar-refractivity contribution < 1.29 is 14.4 Å². The van der Waals surface area contributed by atoms with Gasteiger partial charge >= 0.3 is 0 Å². The number of nitrogens with zero attached hydrogens (tertiary/aromatic N) is 3. The quantitative estimate of drug-likeness (QED) is 0.398. The summed E-state index contributed by atoms with van der Waals surface area (Å²) in [4.78, 5) is 43.7. The molecule has 1 saturated heterocycles. The number of benzene rings is 3. The van der Waals surface area contributed by atoms with E-state index in [2.05, 4.69) is 22.0 Å². The first-order valence-electron chi connectivity index (χ1n) is 12.1. The van der Waals surface area contributed by atoms with Crippen LogP contribution in [0.4, 0.5) is 0 Å². The Labute approximate surface area is 218 Å². The van der Waals surface area contributed by atoms with Crippen molar-refractivity contribution in [3.8, 4) is 33.9 Å². The molecule has 4 aromatic rings. The van der Waals surface area contributed by atoms with E-state index >= 15 is 0 Å². The highest BCUT2D eigenvalue weighted by molar-refractivity contribution is 6.30. The molecule has 6 rings (SSSR count). The number of rotatable bonds is 4. The number of imidazole rings is 1. The summed E-state index contributed by atoms with van der Waals surface area (Å²) in [5.74, 6) is -0.142. The van der Waals surface area contributed by atoms with Gasteiger partial charge in [0.25, 0.3) is 5.91 Å². The van der Waals surface area contributed by atoms with Gasteiger partial charge in [0.1, 0.15) is 11.9 Å². The molecule has 2 aliphatic heterocycles.